The number of carbonyl (C=O) groups is 2. The number of nitrogens with one attached hydrogen (secondary N) is 1. The molecule has 0 aromatic heterocycles. The summed E-state index contributed by atoms with van der Waals surface area (Å²) in [5, 5.41) is 1.44. The summed E-state index contributed by atoms with van der Waals surface area (Å²) in [5.41, 5.74) is 0. The number of methoxy groups -OCH3 is 1. The first kappa shape index (κ1) is 13.1. The zero-order valence-electron chi connectivity index (χ0n) is 7.09. The van der Waals surface area contributed by atoms with E-state index in [9.17, 15) is 22.8 Å². The van der Waals surface area contributed by atoms with Crippen molar-refractivity contribution in [2.45, 2.75) is 12.2 Å². The molecule has 4 nitrogen and oxygen atoms in total. The highest BCUT2D eigenvalue weighted by atomic mass is 32.1. The summed E-state index contributed by atoms with van der Waals surface area (Å²) in [6.45, 7) is 0. The minimum absolute atomic E-state index is 0.269. The SMILES string of the molecule is COC(=O)[C@@H](CS)NC(=O)C(F)(F)F. The Morgan fingerprint density at radius 1 is 1.50 bits per heavy atom. The van der Waals surface area contributed by atoms with Crippen LogP contribution >= 0.6 is 12.6 Å². The molecule has 0 radical (unpaired) electrons. The normalized spacial score (nSPS) is 13.2. The lowest BCUT2D eigenvalue weighted by atomic mass is 10.3. The van der Waals surface area contributed by atoms with Gasteiger partial charge in [-0.3, -0.25) is 4.79 Å². The number of alkyl halides is 3. The summed E-state index contributed by atoms with van der Waals surface area (Å²) in [6, 6.07) is -1.39. The average Bonchev–Trinajstić information content (AvgIpc) is 2.10. The highest BCUT2D eigenvalue weighted by molar-refractivity contribution is 7.80. The molecule has 82 valence electrons. The van der Waals surface area contributed by atoms with Crippen molar-refractivity contribution >= 4 is 24.5 Å². The quantitative estimate of drug-likeness (QED) is 0.536. The van der Waals surface area contributed by atoms with Crippen molar-refractivity contribution in [2.24, 2.45) is 0 Å². The molecule has 1 amide bonds. The monoisotopic (exact) mass is 231 g/mol. The summed E-state index contributed by atoms with van der Waals surface area (Å²) in [7, 11) is 0.999. The molecule has 0 spiro atoms. The van der Waals surface area contributed by atoms with Crippen LogP contribution in [0, 0.1) is 0 Å². The lowest BCUT2D eigenvalue weighted by molar-refractivity contribution is -0.175. The molecular weight excluding hydrogens is 223 g/mol. The number of ether oxygens (including phenoxy) is 1. The number of thiol groups is 1. The maximum absolute atomic E-state index is 11.7. The molecule has 0 aliphatic carbocycles. The molecule has 0 bridgehead atoms. The molecule has 0 aromatic rings. The first-order valence-corrected chi connectivity index (χ1v) is 4.02. The molecule has 0 fully saturated rings. The standard InChI is InChI=1S/C6H8F3NO3S/c1-13-4(11)3(2-14)10-5(12)6(7,8)9/h3,14H,2H2,1H3,(H,10,12)/t3-/m1/s1. The second-order valence-corrected chi connectivity index (χ2v) is 2.59. The van der Waals surface area contributed by atoms with E-state index in [2.05, 4.69) is 17.4 Å². The first-order valence-electron chi connectivity index (χ1n) is 3.39. The lowest BCUT2D eigenvalue weighted by Crippen LogP contribution is -2.48. The van der Waals surface area contributed by atoms with Gasteiger partial charge in [-0.25, -0.2) is 4.79 Å². The summed E-state index contributed by atoms with van der Waals surface area (Å²) in [5.74, 6) is -3.44. The third-order valence-corrected chi connectivity index (χ3v) is 1.60. The Morgan fingerprint density at radius 2 is 2.00 bits per heavy atom. The Bertz CT molecular complexity index is 231. The summed E-state index contributed by atoms with van der Waals surface area (Å²) >= 11 is 3.60. The van der Waals surface area contributed by atoms with Gasteiger partial charge in [0.1, 0.15) is 6.04 Å². The van der Waals surface area contributed by atoms with Gasteiger partial charge in [-0.2, -0.15) is 25.8 Å². The molecule has 0 aromatic carbocycles. The van der Waals surface area contributed by atoms with E-state index in [1.165, 1.54) is 5.32 Å². The molecule has 0 heterocycles. The van der Waals surface area contributed by atoms with Crippen molar-refractivity contribution in [1.29, 1.82) is 0 Å². The van der Waals surface area contributed by atoms with Crippen LogP contribution in [0.3, 0.4) is 0 Å². The average molecular weight is 231 g/mol. The highest BCUT2D eigenvalue weighted by Gasteiger charge is 2.40. The molecule has 1 N–H and O–H groups in total. The largest absolute Gasteiger partial charge is 0.471 e. The van der Waals surface area contributed by atoms with E-state index in [0.29, 0.717) is 0 Å². The first-order chi connectivity index (χ1) is 6.32. The zero-order chi connectivity index (χ0) is 11.4. The summed E-state index contributed by atoms with van der Waals surface area (Å²) < 4.78 is 39.3. The van der Waals surface area contributed by atoms with Crippen LogP contribution in [0.5, 0.6) is 0 Å². The Balaban J connectivity index is 4.34. The molecule has 14 heavy (non-hydrogen) atoms. The van der Waals surface area contributed by atoms with Gasteiger partial charge in [0.25, 0.3) is 0 Å². The summed E-state index contributed by atoms with van der Waals surface area (Å²) in [4.78, 5) is 21.1. The van der Waals surface area contributed by atoms with Crippen molar-refractivity contribution in [1.82, 2.24) is 5.32 Å². The number of hydrogen-bond donors (Lipinski definition) is 2. The molecular formula is C6H8F3NO3S. The molecule has 8 heteroatoms. The van der Waals surface area contributed by atoms with Crippen LogP contribution in [0.2, 0.25) is 0 Å². The van der Waals surface area contributed by atoms with Crippen LogP contribution in [0.4, 0.5) is 13.2 Å². The van der Waals surface area contributed by atoms with Gasteiger partial charge >= 0.3 is 18.1 Å². The molecule has 0 saturated heterocycles. The van der Waals surface area contributed by atoms with Gasteiger partial charge < -0.3 is 10.1 Å². The topological polar surface area (TPSA) is 55.4 Å². The minimum atomic E-state index is -5.02. The number of amides is 1. The van der Waals surface area contributed by atoms with Crippen molar-refractivity contribution in [2.75, 3.05) is 12.9 Å². The van der Waals surface area contributed by atoms with Gasteiger partial charge in [-0.15, -0.1) is 0 Å². The maximum Gasteiger partial charge on any atom is 0.471 e. The zero-order valence-corrected chi connectivity index (χ0v) is 7.98. The van der Waals surface area contributed by atoms with E-state index < -0.39 is 24.1 Å². The molecule has 0 rings (SSSR count). The van der Waals surface area contributed by atoms with Crippen LogP contribution < -0.4 is 5.32 Å². The summed E-state index contributed by atoms with van der Waals surface area (Å²) in [6.07, 6.45) is -5.02. The van der Waals surface area contributed by atoms with E-state index >= 15 is 0 Å². The van der Waals surface area contributed by atoms with Gasteiger partial charge in [-0.1, -0.05) is 0 Å². The minimum Gasteiger partial charge on any atom is -0.467 e. The van der Waals surface area contributed by atoms with E-state index in [4.69, 9.17) is 0 Å². The van der Waals surface area contributed by atoms with Crippen molar-refractivity contribution in [3.8, 4) is 0 Å². The second-order valence-electron chi connectivity index (χ2n) is 2.23. The van der Waals surface area contributed by atoms with E-state index in [0.717, 1.165) is 7.11 Å². The number of carbonyl (C=O) groups excluding carboxylic acids is 2. The Labute approximate surface area is 83.2 Å². The Kier molecular flexibility index (Phi) is 4.75. The fourth-order valence-corrected chi connectivity index (χ4v) is 0.802. The molecule has 0 unspecified atom stereocenters. The van der Waals surface area contributed by atoms with Crippen molar-refractivity contribution in [3.05, 3.63) is 0 Å². The number of esters is 1. The number of halogens is 3. The predicted molar refractivity (Wildman–Crippen MR) is 43.9 cm³/mol. The second kappa shape index (κ2) is 5.08. The molecule has 0 aliphatic rings. The van der Waals surface area contributed by atoms with Gasteiger partial charge in [0.2, 0.25) is 0 Å². The maximum atomic E-state index is 11.7. The fraction of sp³-hybridized carbons (Fsp3) is 0.667. The van der Waals surface area contributed by atoms with Crippen molar-refractivity contribution < 1.29 is 27.5 Å². The van der Waals surface area contributed by atoms with Gasteiger partial charge in [0.15, 0.2) is 0 Å². The van der Waals surface area contributed by atoms with Gasteiger partial charge in [0.05, 0.1) is 7.11 Å². The predicted octanol–water partition coefficient (Wildman–Crippen LogP) is 0.136. The van der Waals surface area contributed by atoms with Crippen LogP contribution in [-0.4, -0.2) is 37.0 Å². The van der Waals surface area contributed by atoms with Crippen molar-refractivity contribution in [3.63, 3.8) is 0 Å². The molecule has 0 saturated carbocycles. The highest BCUT2D eigenvalue weighted by Crippen LogP contribution is 2.14. The third kappa shape index (κ3) is 3.86. The van der Waals surface area contributed by atoms with Crippen LogP contribution in [-0.2, 0) is 14.3 Å². The van der Waals surface area contributed by atoms with E-state index in [1.54, 1.807) is 0 Å². The smallest absolute Gasteiger partial charge is 0.467 e. The Morgan fingerprint density at radius 3 is 2.29 bits per heavy atom. The third-order valence-electron chi connectivity index (χ3n) is 1.23. The van der Waals surface area contributed by atoms with Crippen LogP contribution in [0.15, 0.2) is 0 Å². The van der Waals surface area contributed by atoms with E-state index in [1.807, 2.05) is 0 Å². The lowest BCUT2D eigenvalue weighted by Gasteiger charge is -2.14. The molecule has 1 atom stereocenters. The molecule has 0 aliphatic heterocycles. The Hall–Kier alpha value is -0.920. The van der Waals surface area contributed by atoms with E-state index in [-0.39, 0.29) is 5.75 Å². The fourth-order valence-electron chi connectivity index (χ4n) is 0.561. The van der Waals surface area contributed by atoms with Gasteiger partial charge in [0, 0.05) is 5.75 Å². The van der Waals surface area contributed by atoms with Crippen LogP contribution in [0.25, 0.3) is 0 Å². The van der Waals surface area contributed by atoms with Crippen LogP contribution in [0.1, 0.15) is 0 Å². The van der Waals surface area contributed by atoms with Gasteiger partial charge in [-0.05, 0) is 0 Å². The number of rotatable bonds is 3. The number of hydrogen-bond acceptors (Lipinski definition) is 4.